The Balaban J connectivity index is 0.000000177. The normalized spacial score (nSPS) is 13.6. The van der Waals surface area contributed by atoms with E-state index in [0.29, 0.717) is 17.5 Å². The third-order valence-electron chi connectivity index (χ3n) is 9.84. The summed E-state index contributed by atoms with van der Waals surface area (Å²) in [6.07, 6.45) is 14.5. The number of rotatable bonds is 3. The predicted molar refractivity (Wildman–Crippen MR) is 234 cm³/mol. The van der Waals surface area contributed by atoms with Crippen molar-refractivity contribution in [2.75, 3.05) is 0 Å². The average molecular weight is 1140 g/mol. The van der Waals surface area contributed by atoms with Gasteiger partial charge in [-0.2, -0.15) is 24.9 Å². The van der Waals surface area contributed by atoms with Crippen molar-refractivity contribution in [2.45, 2.75) is 77.0 Å². The minimum atomic E-state index is -1.72. The molecule has 9 rings (SSSR count). The van der Waals surface area contributed by atoms with Gasteiger partial charge >= 0.3 is 11.4 Å². The molecule has 2 heterocycles. The summed E-state index contributed by atoms with van der Waals surface area (Å²) >= 11 is 16.1. The quantitative estimate of drug-likeness (QED) is 0.168. The van der Waals surface area contributed by atoms with Crippen LogP contribution in [0.5, 0.6) is 11.5 Å². The number of phenols is 2. The van der Waals surface area contributed by atoms with Crippen LogP contribution in [-0.2, 0) is 38.5 Å². The summed E-state index contributed by atoms with van der Waals surface area (Å²) < 4.78 is 0. The van der Waals surface area contributed by atoms with E-state index in [1.807, 2.05) is 6.07 Å². The monoisotopic (exact) mass is 1130 g/mol. The van der Waals surface area contributed by atoms with Crippen molar-refractivity contribution in [3.05, 3.63) is 128 Å². The minimum absolute atomic E-state index is 0. The second-order valence-electron chi connectivity index (χ2n) is 13.8. The number of halogens is 6. The molecule has 0 spiro atoms. The van der Waals surface area contributed by atoms with Crippen molar-refractivity contribution in [1.29, 1.82) is 0 Å². The van der Waals surface area contributed by atoms with Crippen LogP contribution in [0, 0.1) is 31.1 Å². The molecular formula is C42H39AlCl6N6O2U. The second kappa shape index (κ2) is 23.2. The van der Waals surface area contributed by atoms with Crippen LogP contribution < -0.4 is 0 Å². The van der Waals surface area contributed by atoms with E-state index in [0.717, 1.165) is 42.4 Å². The zero-order valence-electron chi connectivity index (χ0n) is 31.4. The first kappa shape index (κ1) is 46.9. The number of benzene rings is 4. The average Bonchev–Trinajstić information content (AvgIpc) is 3.20. The summed E-state index contributed by atoms with van der Waals surface area (Å²) in [4.78, 5) is 25.6. The van der Waals surface area contributed by atoms with Crippen molar-refractivity contribution in [3.63, 3.8) is 0 Å². The van der Waals surface area contributed by atoms with Gasteiger partial charge in [0.2, 0.25) is 15.9 Å². The third kappa shape index (κ3) is 13.9. The summed E-state index contributed by atoms with van der Waals surface area (Å²) in [6, 6.07) is 25.3. The van der Waals surface area contributed by atoms with Gasteiger partial charge in [0, 0.05) is 53.9 Å². The summed E-state index contributed by atoms with van der Waals surface area (Å²) in [5.74, 6) is 2.04. The van der Waals surface area contributed by atoms with E-state index in [-0.39, 0.29) is 58.5 Å². The fourth-order valence-electron chi connectivity index (χ4n) is 7.17. The molecule has 0 radical (unpaired) electrons. The fraction of sp³-hybridized carbons (Fsp3) is 0.286. The smallest absolute Gasteiger partial charge is 0.508 e. The molecule has 0 amide bonds. The molecule has 3 aliphatic rings. The van der Waals surface area contributed by atoms with E-state index in [1.54, 1.807) is 6.07 Å². The fourth-order valence-corrected chi connectivity index (χ4v) is 7.70. The molecule has 2 N–H and O–H groups in total. The summed E-state index contributed by atoms with van der Waals surface area (Å²) in [5.41, 5.74) is 11.6. The van der Waals surface area contributed by atoms with Gasteiger partial charge in [-0.1, -0.05) is 42.5 Å². The number of phenolic OH excluding ortho intramolecular Hbond substituents is 2. The van der Waals surface area contributed by atoms with Crippen LogP contribution >= 0.6 is 65.0 Å². The molecule has 3 aliphatic carbocycles. The number of aromatic hydroxyl groups is 2. The summed E-state index contributed by atoms with van der Waals surface area (Å²) in [6.45, 7) is 0. The molecule has 6 aromatic rings. The van der Waals surface area contributed by atoms with Crippen LogP contribution in [0.25, 0.3) is 34.2 Å². The topological polar surface area (TPSA) is 118 Å². The molecule has 298 valence electrons. The summed E-state index contributed by atoms with van der Waals surface area (Å²) in [5, 5.41) is 17.8. The first-order valence-corrected chi connectivity index (χ1v) is 25.1. The SMILES string of the molecule is Clc1nc(-c2ccc3c(c2)CCCC3)nc(-c2ccc3c(c2)CCCC3)n1.Clc1nc(Cl)nc(-c2ccc3c(c2)CCCC3)n1.Oc1cccc(O)c1.[Cl][Al]([Cl])[Cl].[U]. The van der Waals surface area contributed by atoms with Crippen LogP contribution in [0.4, 0.5) is 0 Å². The first-order chi connectivity index (χ1) is 27.5. The Bertz CT molecular complexity index is 2210. The van der Waals surface area contributed by atoms with E-state index < -0.39 is 11.4 Å². The van der Waals surface area contributed by atoms with Crippen LogP contribution in [0.3, 0.4) is 0 Å². The number of aromatic nitrogens is 6. The van der Waals surface area contributed by atoms with Crippen molar-refractivity contribution < 1.29 is 41.3 Å². The molecule has 0 atom stereocenters. The Labute approximate surface area is 394 Å². The predicted octanol–water partition coefficient (Wildman–Crippen LogP) is 12.1. The molecule has 0 saturated heterocycles. The zero-order chi connectivity index (χ0) is 40.3. The van der Waals surface area contributed by atoms with Crippen LogP contribution in [0.1, 0.15) is 71.9 Å². The molecule has 0 saturated carbocycles. The van der Waals surface area contributed by atoms with Gasteiger partial charge in [0.15, 0.2) is 17.5 Å². The maximum absolute atomic E-state index is 8.65. The molecule has 0 unspecified atom stereocenters. The van der Waals surface area contributed by atoms with E-state index in [4.69, 9.17) is 80.1 Å². The van der Waals surface area contributed by atoms with Crippen LogP contribution in [0.15, 0.2) is 78.9 Å². The Hall–Kier alpha value is -2.18. The van der Waals surface area contributed by atoms with Crippen molar-refractivity contribution in [3.8, 4) is 45.7 Å². The largest absolute Gasteiger partial charge is 0.643 e. The zero-order valence-corrected chi connectivity index (χ0v) is 41.3. The van der Waals surface area contributed by atoms with Gasteiger partial charge < -0.3 is 10.2 Å². The molecule has 0 fully saturated rings. The van der Waals surface area contributed by atoms with Gasteiger partial charge in [0.1, 0.15) is 11.5 Å². The van der Waals surface area contributed by atoms with Gasteiger partial charge in [-0.15, -0.1) is 0 Å². The molecule has 8 nitrogen and oxygen atoms in total. The Kier molecular flexibility index (Phi) is 18.7. The van der Waals surface area contributed by atoms with Gasteiger partial charge in [0.25, 0.3) is 0 Å². The van der Waals surface area contributed by atoms with Gasteiger partial charge in [-0.25, -0.2) is 35.1 Å². The Morgan fingerprint density at radius 1 is 0.397 bits per heavy atom. The van der Waals surface area contributed by atoms with Crippen LogP contribution in [-0.4, -0.2) is 51.5 Å². The van der Waals surface area contributed by atoms with E-state index in [1.165, 1.54) is 103 Å². The van der Waals surface area contributed by atoms with Crippen molar-refractivity contribution in [1.82, 2.24) is 29.9 Å². The van der Waals surface area contributed by atoms with Crippen molar-refractivity contribution in [2.24, 2.45) is 0 Å². The number of hydrogen-bond donors (Lipinski definition) is 2. The molecule has 4 aromatic carbocycles. The molecule has 58 heavy (non-hydrogen) atoms. The van der Waals surface area contributed by atoms with Gasteiger partial charge in [0.05, 0.1) is 0 Å². The van der Waals surface area contributed by atoms with Crippen LogP contribution in [0.2, 0.25) is 15.9 Å². The van der Waals surface area contributed by atoms with E-state index >= 15 is 0 Å². The Morgan fingerprint density at radius 2 is 0.690 bits per heavy atom. The third-order valence-corrected chi connectivity index (χ3v) is 10.3. The van der Waals surface area contributed by atoms with Gasteiger partial charge in [-0.05, 0) is 176 Å². The molecular weight excluding hydrogens is 1100 g/mol. The second-order valence-corrected chi connectivity index (χ2v) is 21.2. The summed E-state index contributed by atoms with van der Waals surface area (Å²) in [7, 11) is 14.8. The van der Waals surface area contributed by atoms with Gasteiger partial charge in [-0.3, -0.25) is 0 Å². The molecule has 0 aliphatic heterocycles. The molecule has 16 heteroatoms. The number of aryl methyl sites for hydroxylation is 6. The number of fused-ring (bicyclic) bond motifs is 3. The van der Waals surface area contributed by atoms with E-state index in [2.05, 4.69) is 73.5 Å². The standard InChI is InChI=1S/C23H22ClN3.C13H11Cl2N3.C6H6O2.Al.3ClH.U/c24-23-26-21(19-11-9-15-5-1-3-7-17(15)13-19)25-22(27-23)20-12-10-16-6-2-4-8-18(16)14-20;14-12-16-11(17-13(15)18-12)10-6-5-8-3-1-2-4-9(8)7-10;7-5-2-1-3-6(8)4-5;;;;;/h9-14H,1-8H2;5-7H,1-4H2;1-4,7-8H;;3*1H;/q;;;+3;;;;/p-3. The number of nitrogens with zero attached hydrogens (tertiary/aromatic N) is 6. The maximum atomic E-state index is 8.65. The minimum Gasteiger partial charge on any atom is -0.508 e. The maximum Gasteiger partial charge on any atom is 0.643 e. The molecule has 2 aromatic heterocycles. The Morgan fingerprint density at radius 3 is 1.00 bits per heavy atom. The first-order valence-electron chi connectivity index (χ1n) is 18.8. The molecule has 0 bridgehead atoms. The number of hydrogen-bond acceptors (Lipinski definition) is 8. The van der Waals surface area contributed by atoms with E-state index in [9.17, 15) is 0 Å². The van der Waals surface area contributed by atoms with Crippen molar-refractivity contribution >= 4 is 76.3 Å².